The Morgan fingerprint density at radius 3 is 1.81 bits per heavy atom. The average molecular weight is 286 g/mol. The molecule has 0 atom stereocenters. The molecule has 1 aromatic carbocycles. The molecule has 0 aliphatic heterocycles. The van der Waals surface area contributed by atoms with Crippen LogP contribution in [0.1, 0.15) is 49.0 Å². The lowest BCUT2D eigenvalue weighted by Crippen LogP contribution is -1.96. The standard InChI is InChI=1S/C12H16O.3ClH/c1-4-12(13)11-7-5-10(6-8-11)9(2)3;;;/h5-9H,4H2,1-3H3;3*1H. The Bertz CT molecular complexity index is 294. The van der Waals surface area contributed by atoms with Crippen molar-refractivity contribution >= 4 is 43.0 Å². The van der Waals surface area contributed by atoms with Gasteiger partial charge in [0.15, 0.2) is 5.78 Å². The molecule has 4 heteroatoms. The maximum atomic E-state index is 11.3. The van der Waals surface area contributed by atoms with Gasteiger partial charge in [-0.05, 0) is 11.5 Å². The van der Waals surface area contributed by atoms with Crippen LogP contribution in [-0.2, 0) is 0 Å². The molecule has 0 radical (unpaired) electrons. The van der Waals surface area contributed by atoms with E-state index in [1.807, 2.05) is 31.2 Å². The van der Waals surface area contributed by atoms with Crippen molar-refractivity contribution < 1.29 is 4.79 Å². The number of rotatable bonds is 3. The Labute approximate surface area is 116 Å². The van der Waals surface area contributed by atoms with E-state index in [0.717, 1.165) is 5.56 Å². The van der Waals surface area contributed by atoms with E-state index in [2.05, 4.69) is 13.8 Å². The number of ketones is 1. The zero-order valence-electron chi connectivity index (χ0n) is 9.73. The molecule has 1 nitrogen and oxygen atoms in total. The molecule has 94 valence electrons. The minimum atomic E-state index is 0. The summed E-state index contributed by atoms with van der Waals surface area (Å²) in [4.78, 5) is 11.3. The van der Waals surface area contributed by atoms with E-state index in [9.17, 15) is 4.79 Å². The fourth-order valence-corrected chi connectivity index (χ4v) is 1.26. The topological polar surface area (TPSA) is 17.1 Å². The van der Waals surface area contributed by atoms with E-state index < -0.39 is 0 Å². The number of hydrogen-bond acceptors (Lipinski definition) is 1. The van der Waals surface area contributed by atoms with Crippen LogP contribution in [0.2, 0.25) is 0 Å². The molecule has 0 aromatic heterocycles. The van der Waals surface area contributed by atoms with E-state index in [1.165, 1.54) is 5.56 Å². The van der Waals surface area contributed by atoms with Crippen molar-refractivity contribution in [2.75, 3.05) is 0 Å². The molecular formula is C12H19Cl3O. The van der Waals surface area contributed by atoms with Gasteiger partial charge in [-0.1, -0.05) is 45.0 Å². The predicted molar refractivity (Wildman–Crippen MR) is 76.9 cm³/mol. The molecule has 0 saturated heterocycles. The van der Waals surface area contributed by atoms with E-state index >= 15 is 0 Å². The zero-order chi connectivity index (χ0) is 9.84. The molecular weight excluding hydrogens is 266 g/mol. The number of carbonyl (C=O) groups excluding carboxylic acids is 1. The Morgan fingerprint density at radius 2 is 1.50 bits per heavy atom. The Kier molecular flexibility index (Phi) is 13.1. The highest BCUT2D eigenvalue weighted by atomic mass is 35.5. The molecule has 0 fully saturated rings. The smallest absolute Gasteiger partial charge is 0.162 e. The number of halogens is 3. The highest BCUT2D eigenvalue weighted by Gasteiger charge is 2.03. The van der Waals surface area contributed by atoms with Crippen molar-refractivity contribution in [3.8, 4) is 0 Å². The van der Waals surface area contributed by atoms with E-state index in [-0.39, 0.29) is 43.0 Å². The van der Waals surface area contributed by atoms with Gasteiger partial charge in [-0.3, -0.25) is 4.79 Å². The van der Waals surface area contributed by atoms with Crippen LogP contribution in [0.25, 0.3) is 0 Å². The van der Waals surface area contributed by atoms with Gasteiger partial charge in [-0.25, -0.2) is 0 Å². The van der Waals surface area contributed by atoms with Gasteiger partial charge in [0.05, 0.1) is 0 Å². The number of benzene rings is 1. The van der Waals surface area contributed by atoms with Crippen LogP contribution < -0.4 is 0 Å². The second-order valence-electron chi connectivity index (χ2n) is 3.55. The summed E-state index contributed by atoms with van der Waals surface area (Å²) >= 11 is 0. The van der Waals surface area contributed by atoms with Crippen molar-refractivity contribution in [2.24, 2.45) is 0 Å². The van der Waals surface area contributed by atoms with Crippen molar-refractivity contribution in [3.05, 3.63) is 35.4 Å². The maximum absolute atomic E-state index is 11.3. The van der Waals surface area contributed by atoms with Crippen LogP contribution in [0.5, 0.6) is 0 Å². The Balaban J connectivity index is -0.000000563. The molecule has 0 N–H and O–H groups in total. The lowest BCUT2D eigenvalue weighted by molar-refractivity contribution is 0.0988. The van der Waals surface area contributed by atoms with E-state index in [0.29, 0.717) is 12.3 Å². The third kappa shape index (κ3) is 5.74. The van der Waals surface area contributed by atoms with Crippen LogP contribution in [0.15, 0.2) is 24.3 Å². The zero-order valence-corrected chi connectivity index (χ0v) is 12.2. The van der Waals surface area contributed by atoms with Gasteiger partial charge < -0.3 is 0 Å². The van der Waals surface area contributed by atoms with Gasteiger partial charge in [-0.15, -0.1) is 37.2 Å². The third-order valence-corrected chi connectivity index (χ3v) is 2.22. The van der Waals surface area contributed by atoms with Crippen molar-refractivity contribution in [3.63, 3.8) is 0 Å². The van der Waals surface area contributed by atoms with Gasteiger partial charge in [0.2, 0.25) is 0 Å². The summed E-state index contributed by atoms with van der Waals surface area (Å²) in [5.41, 5.74) is 2.11. The maximum Gasteiger partial charge on any atom is 0.162 e. The minimum absolute atomic E-state index is 0. The predicted octanol–water partition coefficient (Wildman–Crippen LogP) is 4.67. The van der Waals surface area contributed by atoms with Crippen LogP contribution in [-0.4, -0.2) is 5.78 Å². The summed E-state index contributed by atoms with van der Waals surface area (Å²) in [6.45, 7) is 6.19. The number of carbonyl (C=O) groups is 1. The number of Topliss-reactive ketones (excluding diaryl/α,β-unsaturated/α-hetero) is 1. The molecule has 0 spiro atoms. The summed E-state index contributed by atoms with van der Waals surface area (Å²) in [7, 11) is 0. The first-order chi connectivity index (χ1) is 6.15. The monoisotopic (exact) mass is 284 g/mol. The molecule has 0 amide bonds. The summed E-state index contributed by atoms with van der Waals surface area (Å²) < 4.78 is 0. The SMILES string of the molecule is CCC(=O)c1ccc(C(C)C)cc1.Cl.Cl.Cl. The fourth-order valence-electron chi connectivity index (χ4n) is 1.26. The summed E-state index contributed by atoms with van der Waals surface area (Å²) in [6.07, 6.45) is 0.584. The van der Waals surface area contributed by atoms with Gasteiger partial charge in [-0.2, -0.15) is 0 Å². The van der Waals surface area contributed by atoms with Crippen LogP contribution in [0, 0.1) is 0 Å². The van der Waals surface area contributed by atoms with Gasteiger partial charge in [0.25, 0.3) is 0 Å². The first-order valence-corrected chi connectivity index (χ1v) is 4.78. The minimum Gasteiger partial charge on any atom is -0.294 e. The van der Waals surface area contributed by atoms with Crippen molar-refractivity contribution in [1.82, 2.24) is 0 Å². The largest absolute Gasteiger partial charge is 0.294 e. The summed E-state index contributed by atoms with van der Waals surface area (Å²) in [5, 5.41) is 0. The second kappa shape index (κ2) is 9.95. The lowest BCUT2D eigenvalue weighted by atomic mass is 10.00. The van der Waals surface area contributed by atoms with Crippen LogP contribution >= 0.6 is 37.2 Å². The van der Waals surface area contributed by atoms with Crippen molar-refractivity contribution in [1.29, 1.82) is 0 Å². The molecule has 1 aromatic rings. The molecule has 1 rings (SSSR count). The Hall–Kier alpha value is -0.240. The molecule has 0 unspecified atom stereocenters. The fraction of sp³-hybridized carbons (Fsp3) is 0.417. The summed E-state index contributed by atoms with van der Waals surface area (Å²) in [5.74, 6) is 0.751. The Morgan fingerprint density at radius 1 is 1.06 bits per heavy atom. The van der Waals surface area contributed by atoms with Gasteiger partial charge in [0.1, 0.15) is 0 Å². The molecule has 0 aliphatic rings. The molecule has 0 aliphatic carbocycles. The highest BCUT2D eigenvalue weighted by molar-refractivity contribution is 5.95. The average Bonchev–Trinajstić information content (AvgIpc) is 2.17. The first kappa shape index (κ1) is 21.1. The molecule has 0 bridgehead atoms. The van der Waals surface area contributed by atoms with Gasteiger partial charge in [0, 0.05) is 12.0 Å². The first-order valence-electron chi connectivity index (χ1n) is 4.78. The second-order valence-corrected chi connectivity index (χ2v) is 3.55. The van der Waals surface area contributed by atoms with Crippen LogP contribution in [0.4, 0.5) is 0 Å². The summed E-state index contributed by atoms with van der Waals surface area (Å²) in [6, 6.07) is 7.91. The van der Waals surface area contributed by atoms with Crippen molar-refractivity contribution in [2.45, 2.75) is 33.1 Å². The van der Waals surface area contributed by atoms with E-state index in [4.69, 9.17) is 0 Å². The molecule has 0 saturated carbocycles. The highest BCUT2D eigenvalue weighted by Crippen LogP contribution is 2.15. The molecule has 0 heterocycles. The van der Waals surface area contributed by atoms with Gasteiger partial charge >= 0.3 is 0 Å². The van der Waals surface area contributed by atoms with E-state index in [1.54, 1.807) is 0 Å². The number of hydrogen-bond donors (Lipinski definition) is 0. The molecule has 16 heavy (non-hydrogen) atoms. The quantitative estimate of drug-likeness (QED) is 0.738. The normalized spacial score (nSPS) is 8.50. The third-order valence-electron chi connectivity index (χ3n) is 2.22. The van der Waals surface area contributed by atoms with Crippen LogP contribution in [0.3, 0.4) is 0 Å². The lowest BCUT2D eigenvalue weighted by Gasteiger charge is -2.05.